The predicted molar refractivity (Wildman–Crippen MR) is 119 cm³/mol. The molecule has 0 aliphatic carbocycles. The van der Waals surface area contributed by atoms with Crippen molar-refractivity contribution in [3.63, 3.8) is 0 Å². The number of pyridine rings is 1. The fourth-order valence-corrected chi connectivity index (χ4v) is 3.52. The van der Waals surface area contributed by atoms with Crippen molar-refractivity contribution < 1.29 is 9.59 Å². The minimum absolute atomic E-state index is 0.00185. The number of fused-ring (bicyclic) bond motifs is 1. The van der Waals surface area contributed by atoms with Gasteiger partial charge in [0.1, 0.15) is 11.6 Å². The highest BCUT2D eigenvalue weighted by Crippen LogP contribution is 2.24. The van der Waals surface area contributed by atoms with E-state index in [0.29, 0.717) is 41.6 Å². The molecule has 4 aromatic rings. The molecule has 0 radical (unpaired) electrons. The van der Waals surface area contributed by atoms with Crippen molar-refractivity contribution in [1.29, 1.82) is 0 Å². The number of nitrogens with one attached hydrogen (secondary N) is 3. The van der Waals surface area contributed by atoms with Crippen molar-refractivity contribution >= 4 is 34.5 Å². The number of benzene rings is 2. The molecule has 2 amide bonds. The summed E-state index contributed by atoms with van der Waals surface area (Å²) in [7, 11) is 0. The van der Waals surface area contributed by atoms with Crippen molar-refractivity contribution in [1.82, 2.24) is 20.3 Å². The van der Waals surface area contributed by atoms with E-state index in [1.807, 2.05) is 54.6 Å². The van der Waals surface area contributed by atoms with Crippen LogP contribution in [0, 0.1) is 0 Å². The molecule has 2 aromatic carbocycles. The number of rotatable bonds is 4. The van der Waals surface area contributed by atoms with Gasteiger partial charge in [-0.2, -0.15) is 0 Å². The molecule has 1 aliphatic heterocycles. The van der Waals surface area contributed by atoms with Gasteiger partial charge in [0.25, 0.3) is 5.91 Å². The molecule has 2 aromatic heterocycles. The average molecular weight is 412 g/mol. The summed E-state index contributed by atoms with van der Waals surface area (Å²) in [6, 6.07) is 20.2. The van der Waals surface area contributed by atoms with Crippen LogP contribution in [0.25, 0.3) is 22.6 Å². The molecule has 0 bridgehead atoms. The van der Waals surface area contributed by atoms with E-state index in [1.54, 1.807) is 17.0 Å². The average Bonchev–Trinajstić information content (AvgIpc) is 3.24. The largest absolute Gasteiger partial charge is 0.337 e. The summed E-state index contributed by atoms with van der Waals surface area (Å²) in [6.07, 6.45) is 0. The van der Waals surface area contributed by atoms with Crippen molar-refractivity contribution in [2.45, 2.75) is 0 Å². The zero-order valence-corrected chi connectivity index (χ0v) is 16.6. The molecule has 5 rings (SSSR count). The number of amides is 2. The standard InChI is InChI=1S/C23H20N6O2/c30-20-14-24-12-13-29(20)19-11-10-18-22(27-19)28-21(26-18)15-6-8-17(9-7-15)25-23(31)16-4-2-1-3-5-16/h1-11,24H,12-14H2,(H,25,31)(H,26,27,28). The number of carbonyl (C=O) groups is 2. The second kappa shape index (κ2) is 8.00. The van der Waals surface area contributed by atoms with E-state index in [2.05, 4.69) is 25.6 Å². The smallest absolute Gasteiger partial charge is 0.255 e. The van der Waals surface area contributed by atoms with E-state index in [1.165, 1.54) is 0 Å². The third kappa shape index (κ3) is 3.88. The van der Waals surface area contributed by atoms with Crippen molar-refractivity contribution in [3.05, 3.63) is 72.3 Å². The highest BCUT2D eigenvalue weighted by Gasteiger charge is 2.21. The van der Waals surface area contributed by atoms with E-state index in [9.17, 15) is 9.59 Å². The third-order valence-electron chi connectivity index (χ3n) is 5.15. The predicted octanol–water partition coefficient (Wildman–Crippen LogP) is 2.81. The number of nitrogens with zero attached hydrogens (tertiary/aromatic N) is 3. The summed E-state index contributed by atoms with van der Waals surface area (Å²) in [6.45, 7) is 1.65. The van der Waals surface area contributed by atoms with E-state index in [0.717, 1.165) is 17.6 Å². The molecule has 31 heavy (non-hydrogen) atoms. The number of aromatic nitrogens is 3. The minimum Gasteiger partial charge on any atom is -0.337 e. The molecule has 8 nitrogen and oxygen atoms in total. The summed E-state index contributed by atoms with van der Waals surface area (Å²) >= 11 is 0. The van der Waals surface area contributed by atoms with Gasteiger partial charge >= 0.3 is 0 Å². The first kappa shape index (κ1) is 19.0. The van der Waals surface area contributed by atoms with Crippen molar-refractivity contribution in [2.24, 2.45) is 0 Å². The highest BCUT2D eigenvalue weighted by atomic mass is 16.2. The second-order valence-electron chi connectivity index (χ2n) is 7.25. The van der Waals surface area contributed by atoms with Gasteiger partial charge in [-0.15, -0.1) is 0 Å². The summed E-state index contributed by atoms with van der Waals surface area (Å²) in [4.78, 5) is 38.5. The Hall–Kier alpha value is -4.04. The molecule has 3 N–H and O–H groups in total. The highest BCUT2D eigenvalue weighted by molar-refractivity contribution is 6.04. The summed E-state index contributed by atoms with van der Waals surface area (Å²) in [5, 5.41) is 5.94. The summed E-state index contributed by atoms with van der Waals surface area (Å²) in [5.41, 5.74) is 3.53. The van der Waals surface area contributed by atoms with Crippen LogP contribution in [0.3, 0.4) is 0 Å². The van der Waals surface area contributed by atoms with Crippen LogP contribution in [0.4, 0.5) is 11.5 Å². The lowest BCUT2D eigenvalue weighted by Gasteiger charge is -2.26. The maximum Gasteiger partial charge on any atom is 0.255 e. The van der Waals surface area contributed by atoms with Gasteiger partial charge in [0.2, 0.25) is 5.91 Å². The Morgan fingerprint density at radius 1 is 0.968 bits per heavy atom. The molecule has 0 saturated carbocycles. The SMILES string of the molecule is O=C(Nc1ccc(-c2nc3nc(N4CCNCC4=O)ccc3[nH]2)cc1)c1ccccc1. The van der Waals surface area contributed by atoms with E-state index in [4.69, 9.17) is 0 Å². The molecule has 1 saturated heterocycles. The maximum absolute atomic E-state index is 12.3. The number of piperazine rings is 1. The van der Waals surface area contributed by atoms with E-state index in [-0.39, 0.29) is 11.8 Å². The van der Waals surface area contributed by atoms with Gasteiger partial charge in [0.05, 0.1) is 12.1 Å². The number of carbonyl (C=O) groups excluding carboxylic acids is 2. The zero-order chi connectivity index (χ0) is 21.2. The molecule has 0 atom stereocenters. The van der Waals surface area contributed by atoms with Crippen molar-refractivity contribution in [3.8, 4) is 11.4 Å². The fourth-order valence-electron chi connectivity index (χ4n) is 3.52. The van der Waals surface area contributed by atoms with Gasteiger partial charge in [-0.1, -0.05) is 18.2 Å². The Balaban J connectivity index is 1.35. The molecule has 0 unspecified atom stereocenters. The van der Waals surface area contributed by atoms with Gasteiger partial charge < -0.3 is 15.6 Å². The zero-order valence-electron chi connectivity index (χ0n) is 16.6. The third-order valence-corrected chi connectivity index (χ3v) is 5.15. The van der Waals surface area contributed by atoms with Gasteiger partial charge in [-0.25, -0.2) is 9.97 Å². The maximum atomic E-state index is 12.3. The second-order valence-corrected chi connectivity index (χ2v) is 7.25. The quantitative estimate of drug-likeness (QED) is 0.478. The lowest BCUT2D eigenvalue weighted by atomic mass is 10.1. The molecule has 154 valence electrons. The van der Waals surface area contributed by atoms with Crippen LogP contribution in [-0.2, 0) is 4.79 Å². The summed E-state index contributed by atoms with van der Waals surface area (Å²) in [5.74, 6) is 1.13. The number of anilines is 2. The van der Waals surface area contributed by atoms with E-state index < -0.39 is 0 Å². The molecule has 0 spiro atoms. The van der Waals surface area contributed by atoms with Crippen LogP contribution in [-0.4, -0.2) is 46.4 Å². The van der Waals surface area contributed by atoms with Crippen LogP contribution in [0.15, 0.2) is 66.7 Å². The van der Waals surface area contributed by atoms with Crippen LogP contribution in [0.1, 0.15) is 10.4 Å². The first-order chi connectivity index (χ1) is 15.2. The number of hydrogen-bond donors (Lipinski definition) is 3. The molecule has 1 fully saturated rings. The number of H-pyrrole nitrogens is 1. The topological polar surface area (TPSA) is 103 Å². The van der Waals surface area contributed by atoms with Crippen LogP contribution < -0.4 is 15.5 Å². The van der Waals surface area contributed by atoms with Crippen LogP contribution in [0.2, 0.25) is 0 Å². The fraction of sp³-hybridized carbons (Fsp3) is 0.130. The Morgan fingerprint density at radius 2 is 1.77 bits per heavy atom. The Kier molecular flexibility index (Phi) is 4.89. The Labute approximate surface area is 178 Å². The Morgan fingerprint density at radius 3 is 2.55 bits per heavy atom. The first-order valence-corrected chi connectivity index (χ1v) is 10.0. The molecule has 8 heteroatoms. The van der Waals surface area contributed by atoms with Gasteiger partial charge in [0, 0.05) is 29.9 Å². The molecular formula is C23H20N6O2. The lowest BCUT2D eigenvalue weighted by Crippen LogP contribution is -2.48. The molecule has 3 heterocycles. The van der Waals surface area contributed by atoms with E-state index >= 15 is 0 Å². The van der Waals surface area contributed by atoms with Gasteiger partial charge in [0.15, 0.2) is 5.65 Å². The van der Waals surface area contributed by atoms with Crippen molar-refractivity contribution in [2.75, 3.05) is 29.9 Å². The van der Waals surface area contributed by atoms with Crippen LogP contribution in [0.5, 0.6) is 0 Å². The number of aromatic amines is 1. The monoisotopic (exact) mass is 412 g/mol. The molecule has 1 aliphatic rings. The number of imidazole rings is 1. The Bertz CT molecular complexity index is 1250. The minimum atomic E-state index is -0.156. The summed E-state index contributed by atoms with van der Waals surface area (Å²) < 4.78 is 0. The number of hydrogen-bond acceptors (Lipinski definition) is 5. The molecular weight excluding hydrogens is 392 g/mol. The van der Waals surface area contributed by atoms with Gasteiger partial charge in [-0.3, -0.25) is 14.5 Å². The lowest BCUT2D eigenvalue weighted by molar-refractivity contribution is -0.118. The van der Waals surface area contributed by atoms with Gasteiger partial charge in [-0.05, 0) is 48.5 Å². The first-order valence-electron chi connectivity index (χ1n) is 10.0. The van der Waals surface area contributed by atoms with Crippen LogP contribution >= 0.6 is 0 Å². The normalized spacial score (nSPS) is 14.1.